The Kier molecular flexibility index (Phi) is 3.91. The number of aromatic nitrogens is 1. The molecule has 0 spiro atoms. The number of hydrogen-bond donors (Lipinski definition) is 3. The van der Waals surface area contributed by atoms with E-state index in [0.717, 1.165) is 0 Å². The molecule has 7 heteroatoms. The minimum absolute atomic E-state index is 0.0178. The molecule has 0 unspecified atom stereocenters. The van der Waals surface area contributed by atoms with E-state index in [2.05, 4.69) is 10.3 Å². The summed E-state index contributed by atoms with van der Waals surface area (Å²) < 4.78 is 18.4. The van der Waals surface area contributed by atoms with E-state index < -0.39 is 22.8 Å². The number of methoxy groups -OCH3 is 1. The largest absolute Gasteiger partial charge is 0.497 e. The Morgan fingerprint density at radius 1 is 1.25 bits per heavy atom. The highest BCUT2D eigenvalue weighted by atomic mass is 19.1. The van der Waals surface area contributed by atoms with Crippen LogP contribution < -0.4 is 15.5 Å². The summed E-state index contributed by atoms with van der Waals surface area (Å²) in [6, 6.07) is 10.2. The molecule has 0 aliphatic heterocycles. The maximum atomic E-state index is 13.3. The predicted molar refractivity (Wildman–Crippen MR) is 87.8 cm³/mol. The maximum Gasteiger partial charge on any atom is 0.343 e. The van der Waals surface area contributed by atoms with E-state index >= 15 is 0 Å². The van der Waals surface area contributed by atoms with Gasteiger partial charge in [0.05, 0.1) is 18.0 Å². The molecule has 0 saturated carbocycles. The summed E-state index contributed by atoms with van der Waals surface area (Å²) in [5.41, 5.74) is -0.361. The number of pyridine rings is 1. The van der Waals surface area contributed by atoms with Gasteiger partial charge in [-0.2, -0.15) is 0 Å². The number of carboxylic acid groups (broad SMARTS) is 1. The molecular weight excluding hydrogens is 315 g/mol. The van der Waals surface area contributed by atoms with Crippen LogP contribution in [0.4, 0.5) is 15.9 Å². The number of carbonyl (C=O) groups is 1. The minimum atomic E-state index is -1.39. The van der Waals surface area contributed by atoms with Crippen molar-refractivity contribution >= 4 is 28.4 Å². The first-order valence-electron chi connectivity index (χ1n) is 6.99. The number of carboxylic acids is 1. The van der Waals surface area contributed by atoms with Gasteiger partial charge in [0, 0.05) is 5.69 Å². The van der Waals surface area contributed by atoms with Crippen LogP contribution in [0, 0.1) is 5.82 Å². The minimum Gasteiger partial charge on any atom is -0.497 e. The zero-order valence-electron chi connectivity index (χ0n) is 12.6. The van der Waals surface area contributed by atoms with Gasteiger partial charge in [0.2, 0.25) is 5.43 Å². The number of hydrogen-bond acceptors (Lipinski definition) is 4. The summed E-state index contributed by atoms with van der Waals surface area (Å²) in [5, 5.41) is 12.3. The second-order valence-electron chi connectivity index (χ2n) is 5.06. The van der Waals surface area contributed by atoms with Crippen molar-refractivity contribution in [1.82, 2.24) is 4.98 Å². The Morgan fingerprint density at radius 2 is 2.04 bits per heavy atom. The molecule has 0 fully saturated rings. The molecule has 0 bridgehead atoms. The molecule has 0 atom stereocenters. The third kappa shape index (κ3) is 2.79. The van der Waals surface area contributed by atoms with E-state index in [4.69, 9.17) is 4.74 Å². The fourth-order valence-electron chi connectivity index (χ4n) is 2.40. The van der Waals surface area contributed by atoms with Gasteiger partial charge in [-0.05, 0) is 36.4 Å². The molecule has 3 aromatic rings. The first-order chi connectivity index (χ1) is 11.5. The molecule has 3 N–H and O–H groups in total. The summed E-state index contributed by atoms with van der Waals surface area (Å²) in [5.74, 6) is -1.45. The monoisotopic (exact) mass is 328 g/mol. The Morgan fingerprint density at radius 3 is 2.71 bits per heavy atom. The first-order valence-corrected chi connectivity index (χ1v) is 6.99. The summed E-state index contributed by atoms with van der Waals surface area (Å²) in [7, 11) is 1.45. The van der Waals surface area contributed by atoms with Gasteiger partial charge in [-0.1, -0.05) is 6.07 Å². The van der Waals surface area contributed by atoms with Gasteiger partial charge in [0.15, 0.2) is 0 Å². The van der Waals surface area contributed by atoms with Crippen LogP contribution in [-0.2, 0) is 0 Å². The van der Waals surface area contributed by atoms with Crippen LogP contribution in [0.25, 0.3) is 10.9 Å². The highest BCUT2D eigenvalue weighted by Crippen LogP contribution is 2.23. The molecule has 24 heavy (non-hydrogen) atoms. The lowest BCUT2D eigenvalue weighted by Gasteiger charge is -2.12. The van der Waals surface area contributed by atoms with Gasteiger partial charge in [-0.15, -0.1) is 0 Å². The summed E-state index contributed by atoms with van der Waals surface area (Å²) in [4.78, 5) is 26.9. The van der Waals surface area contributed by atoms with Gasteiger partial charge >= 0.3 is 5.97 Å². The SMILES string of the molecule is COc1ccc2[nH]c(Nc3cccc(F)c3)c(C(=O)O)c(=O)c2c1. The molecule has 2 aromatic carbocycles. The lowest BCUT2D eigenvalue weighted by atomic mass is 10.1. The van der Waals surface area contributed by atoms with Crippen molar-refractivity contribution in [2.45, 2.75) is 0 Å². The fourth-order valence-corrected chi connectivity index (χ4v) is 2.40. The van der Waals surface area contributed by atoms with Crippen LogP contribution in [-0.4, -0.2) is 23.2 Å². The number of fused-ring (bicyclic) bond motifs is 1. The number of H-pyrrole nitrogens is 1. The van der Waals surface area contributed by atoms with Crippen molar-refractivity contribution < 1.29 is 19.0 Å². The lowest BCUT2D eigenvalue weighted by Crippen LogP contribution is -2.19. The van der Waals surface area contributed by atoms with E-state index in [1.165, 1.54) is 31.4 Å². The third-order valence-electron chi connectivity index (χ3n) is 3.52. The van der Waals surface area contributed by atoms with Crippen molar-refractivity contribution in [3.63, 3.8) is 0 Å². The smallest absolute Gasteiger partial charge is 0.343 e. The number of benzene rings is 2. The number of rotatable bonds is 4. The number of halogens is 1. The predicted octanol–water partition coefficient (Wildman–Crippen LogP) is 3.12. The average molecular weight is 328 g/mol. The second kappa shape index (κ2) is 6.04. The first kappa shape index (κ1) is 15.5. The average Bonchev–Trinajstić information content (AvgIpc) is 2.54. The van der Waals surface area contributed by atoms with Crippen LogP contribution in [0.1, 0.15) is 10.4 Å². The van der Waals surface area contributed by atoms with Crippen LogP contribution in [0.3, 0.4) is 0 Å². The van der Waals surface area contributed by atoms with Crippen molar-refractivity contribution in [1.29, 1.82) is 0 Å². The topological polar surface area (TPSA) is 91.4 Å². The van der Waals surface area contributed by atoms with Crippen molar-refractivity contribution in [3.05, 3.63) is 64.1 Å². The fraction of sp³-hybridized carbons (Fsp3) is 0.0588. The number of anilines is 2. The van der Waals surface area contributed by atoms with E-state index in [1.807, 2.05) is 0 Å². The molecule has 0 aliphatic carbocycles. The Bertz CT molecular complexity index is 998. The van der Waals surface area contributed by atoms with Gasteiger partial charge in [0.25, 0.3) is 0 Å². The molecule has 0 radical (unpaired) electrons. The third-order valence-corrected chi connectivity index (χ3v) is 3.52. The van der Waals surface area contributed by atoms with Crippen LogP contribution >= 0.6 is 0 Å². The zero-order valence-corrected chi connectivity index (χ0v) is 12.6. The van der Waals surface area contributed by atoms with Crippen molar-refractivity contribution in [2.24, 2.45) is 0 Å². The van der Waals surface area contributed by atoms with Gasteiger partial charge in [0.1, 0.15) is 22.9 Å². The Labute approximate surface area is 135 Å². The normalized spacial score (nSPS) is 10.6. The van der Waals surface area contributed by atoms with E-state index in [1.54, 1.807) is 18.2 Å². The highest BCUT2D eigenvalue weighted by molar-refractivity contribution is 5.98. The number of aromatic amines is 1. The quantitative estimate of drug-likeness (QED) is 0.684. The van der Waals surface area contributed by atoms with Crippen LogP contribution in [0.2, 0.25) is 0 Å². The van der Waals surface area contributed by atoms with Gasteiger partial charge < -0.3 is 20.1 Å². The highest BCUT2D eigenvalue weighted by Gasteiger charge is 2.19. The van der Waals surface area contributed by atoms with E-state index in [0.29, 0.717) is 17.0 Å². The van der Waals surface area contributed by atoms with Crippen LogP contribution in [0.5, 0.6) is 5.75 Å². The molecule has 6 nitrogen and oxygen atoms in total. The molecule has 122 valence electrons. The molecule has 3 rings (SSSR count). The van der Waals surface area contributed by atoms with Gasteiger partial charge in [-0.25, -0.2) is 9.18 Å². The van der Waals surface area contributed by atoms with E-state index in [9.17, 15) is 19.1 Å². The zero-order chi connectivity index (χ0) is 17.3. The standard InChI is InChI=1S/C17H13FN2O4/c1-24-11-5-6-13-12(8-11)15(21)14(17(22)23)16(20-13)19-10-4-2-3-9(18)7-10/h2-8H,1H3,(H,22,23)(H2,19,20,21). The summed E-state index contributed by atoms with van der Waals surface area (Å²) >= 11 is 0. The number of aromatic carboxylic acids is 1. The Balaban J connectivity index is 2.21. The van der Waals surface area contributed by atoms with Crippen LogP contribution in [0.15, 0.2) is 47.3 Å². The maximum absolute atomic E-state index is 13.3. The molecule has 0 saturated heterocycles. The van der Waals surface area contributed by atoms with Crippen molar-refractivity contribution in [3.8, 4) is 5.75 Å². The molecule has 0 aliphatic rings. The van der Waals surface area contributed by atoms with E-state index in [-0.39, 0.29) is 11.2 Å². The molecule has 0 amide bonds. The molecule has 1 aromatic heterocycles. The number of ether oxygens (including phenoxy) is 1. The van der Waals surface area contributed by atoms with Crippen molar-refractivity contribution in [2.75, 3.05) is 12.4 Å². The molecule has 1 heterocycles. The summed E-state index contributed by atoms with van der Waals surface area (Å²) in [6.45, 7) is 0. The van der Waals surface area contributed by atoms with Gasteiger partial charge in [-0.3, -0.25) is 4.79 Å². The number of nitrogens with one attached hydrogen (secondary N) is 2. The second-order valence-corrected chi connectivity index (χ2v) is 5.06. The Hall–Kier alpha value is -3.35. The lowest BCUT2D eigenvalue weighted by molar-refractivity contribution is 0.0696. The molecular formula is C17H13FN2O4. The summed E-state index contributed by atoms with van der Waals surface area (Å²) in [6.07, 6.45) is 0.